The predicted molar refractivity (Wildman–Crippen MR) is 92.3 cm³/mol. The van der Waals surface area contributed by atoms with Crippen molar-refractivity contribution in [2.24, 2.45) is 0 Å². The molecule has 3 rings (SSSR count). The molecule has 1 amide bonds. The molecule has 3 aromatic rings. The number of para-hydroxylation sites is 1. The van der Waals surface area contributed by atoms with Gasteiger partial charge in [-0.2, -0.15) is 5.10 Å². The molecule has 1 aromatic heterocycles. The lowest BCUT2D eigenvalue weighted by Crippen LogP contribution is -2.18. The third-order valence-electron chi connectivity index (χ3n) is 3.65. The largest absolute Gasteiger partial charge is 0.326 e. The lowest BCUT2D eigenvalue weighted by Gasteiger charge is -2.09. The maximum atomic E-state index is 12.1. The fraction of sp³-hybridized carbons (Fsp3) is 0.118. The second kappa shape index (κ2) is 6.91. The molecule has 0 saturated carbocycles. The average Bonchev–Trinajstić information content (AvgIpc) is 2.61. The third kappa shape index (κ3) is 3.69. The molecule has 0 bridgehead atoms. The van der Waals surface area contributed by atoms with E-state index in [2.05, 4.69) is 10.4 Å². The minimum absolute atomic E-state index is 0.0918. The molecule has 0 spiro atoms. The molecule has 1 heterocycles. The van der Waals surface area contributed by atoms with Crippen molar-refractivity contribution in [3.63, 3.8) is 0 Å². The summed E-state index contributed by atoms with van der Waals surface area (Å²) in [5.41, 5.74) is 0.744. The molecule has 0 atom stereocenters. The summed E-state index contributed by atoms with van der Waals surface area (Å²) in [6.45, 7) is 0.279. The van der Waals surface area contributed by atoms with E-state index in [0.717, 1.165) is 0 Å². The van der Waals surface area contributed by atoms with Crippen LogP contribution < -0.4 is 10.7 Å². The second-order valence-corrected chi connectivity index (χ2v) is 5.35. The van der Waals surface area contributed by atoms with Crippen LogP contribution in [0, 0.1) is 10.1 Å². The first-order valence-electron chi connectivity index (χ1n) is 7.54. The SMILES string of the molecule is O=C(CCn1ncc(=O)c2ccccc21)Nc1cccc([N+](=O)[O-])c1. The number of carbonyl (C=O) groups excluding carboxylic acids is 1. The molecule has 8 nitrogen and oxygen atoms in total. The standard InChI is InChI=1S/C17H14N4O4/c22-16-11-18-20(15-7-2-1-6-14(15)16)9-8-17(23)19-12-4-3-5-13(10-12)21(24)25/h1-7,10-11H,8-9H2,(H,19,23). The number of nitro groups is 1. The summed E-state index contributed by atoms with van der Waals surface area (Å²) < 4.78 is 1.59. The Kier molecular flexibility index (Phi) is 4.51. The van der Waals surface area contributed by atoms with E-state index in [4.69, 9.17) is 0 Å². The normalized spacial score (nSPS) is 10.6. The van der Waals surface area contributed by atoms with Crippen molar-refractivity contribution in [1.82, 2.24) is 9.78 Å². The zero-order chi connectivity index (χ0) is 17.8. The molecule has 2 aromatic carbocycles. The van der Waals surface area contributed by atoms with Crippen molar-refractivity contribution in [2.75, 3.05) is 5.32 Å². The van der Waals surface area contributed by atoms with Gasteiger partial charge >= 0.3 is 0 Å². The first kappa shape index (κ1) is 16.3. The fourth-order valence-corrected chi connectivity index (χ4v) is 2.47. The van der Waals surface area contributed by atoms with Crippen LogP contribution in [0.4, 0.5) is 11.4 Å². The summed E-state index contributed by atoms with van der Waals surface area (Å²) in [5, 5.41) is 18.0. The number of aryl methyl sites for hydroxylation is 1. The van der Waals surface area contributed by atoms with Gasteiger partial charge in [0.05, 0.1) is 23.2 Å². The van der Waals surface area contributed by atoms with Crippen molar-refractivity contribution in [2.45, 2.75) is 13.0 Å². The molecule has 8 heteroatoms. The number of nitro benzene ring substituents is 1. The number of anilines is 1. The summed E-state index contributed by atoms with van der Waals surface area (Å²) in [7, 11) is 0. The monoisotopic (exact) mass is 338 g/mol. The van der Waals surface area contributed by atoms with Crippen LogP contribution in [0.15, 0.2) is 59.5 Å². The summed E-state index contributed by atoms with van der Waals surface area (Å²) in [6, 6.07) is 12.8. The summed E-state index contributed by atoms with van der Waals surface area (Å²) in [4.78, 5) is 34.1. The molecule has 0 radical (unpaired) electrons. The molecular formula is C17H14N4O4. The highest BCUT2D eigenvalue weighted by atomic mass is 16.6. The van der Waals surface area contributed by atoms with Gasteiger partial charge in [0.1, 0.15) is 0 Å². The van der Waals surface area contributed by atoms with E-state index >= 15 is 0 Å². The molecular weight excluding hydrogens is 324 g/mol. The van der Waals surface area contributed by atoms with Gasteiger partial charge in [-0.05, 0) is 18.2 Å². The minimum atomic E-state index is -0.522. The number of fused-ring (bicyclic) bond motifs is 1. The molecule has 0 unspecified atom stereocenters. The highest BCUT2D eigenvalue weighted by molar-refractivity contribution is 5.91. The number of amides is 1. The van der Waals surface area contributed by atoms with Crippen LogP contribution in [0.1, 0.15) is 6.42 Å². The van der Waals surface area contributed by atoms with E-state index in [9.17, 15) is 19.7 Å². The van der Waals surface area contributed by atoms with Crippen LogP contribution >= 0.6 is 0 Å². The van der Waals surface area contributed by atoms with Crippen molar-refractivity contribution in [3.05, 3.63) is 75.1 Å². The minimum Gasteiger partial charge on any atom is -0.326 e. The second-order valence-electron chi connectivity index (χ2n) is 5.35. The number of rotatable bonds is 5. The van der Waals surface area contributed by atoms with Gasteiger partial charge in [-0.1, -0.05) is 18.2 Å². The van der Waals surface area contributed by atoms with Gasteiger partial charge in [0, 0.05) is 29.6 Å². The van der Waals surface area contributed by atoms with E-state index in [1.165, 1.54) is 24.4 Å². The Hall–Kier alpha value is -3.55. The molecule has 0 aliphatic rings. The molecule has 0 fully saturated rings. The Morgan fingerprint density at radius 1 is 1.20 bits per heavy atom. The van der Waals surface area contributed by atoms with E-state index in [0.29, 0.717) is 16.6 Å². The maximum absolute atomic E-state index is 12.1. The Morgan fingerprint density at radius 2 is 2.00 bits per heavy atom. The Balaban J connectivity index is 1.71. The van der Waals surface area contributed by atoms with Gasteiger partial charge in [-0.15, -0.1) is 0 Å². The van der Waals surface area contributed by atoms with Crippen molar-refractivity contribution in [3.8, 4) is 0 Å². The quantitative estimate of drug-likeness (QED) is 0.567. The van der Waals surface area contributed by atoms with E-state index in [-0.39, 0.29) is 30.0 Å². The smallest absolute Gasteiger partial charge is 0.271 e. The summed E-state index contributed by atoms with van der Waals surface area (Å²) in [6.07, 6.45) is 1.34. The maximum Gasteiger partial charge on any atom is 0.271 e. The zero-order valence-corrected chi connectivity index (χ0v) is 13.1. The zero-order valence-electron chi connectivity index (χ0n) is 13.1. The molecule has 0 aliphatic carbocycles. The Labute approximate surface area is 141 Å². The number of hydrogen-bond donors (Lipinski definition) is 1. The van der Waals surface area contributed by atoms with Crippen molar-refractivity contribution in [1.29, 1.82) is 0 Å². The Morgan fingerprint density at radius 3 is 2.80 bits per heavy atom. The number of carbonyl (C=O) groups is 1. The van der Waals surface area contributed by atoms with Gasteiger partial charge in [-0.3, -0.25) is 24.4 Å². The highest BCUT2D eigenvalue weighted by Crippen LogP contribution is 2.17. The van der Waals surface area contributed by atoms with E-state index < -0.39 is 4.92 Å². The van der Waals surface area contributed by atoms with Gasteiger partial charge in [0.15, 0.2) is 0 Å². The van der Waals surface area contributed by atoms with Gasteiger partial charge in [0.2, 0.25) is 11.3 Å². The van der Waals surface area contributed by atoms with Crippen molar-refractivity contribution >= 4 is 28.2 Å². The first-order valence-corrected chi connectivity index (χ1v) is 7.54. The number of non-ortho nitro benzene ring substituents is 1. The number of nitrogens with zero attached hydrogens (tertiary/aromatic N) is 3. The van der Waals surface area contributed by atoms with Gasteiger partial charge in [0.25, 0.3) is 5.69 Å². The van der Waals surface area contributed by atoms with Crippen LogP contribution in [0.25, 0.3) is 10.9 Å². The van der Waals surface area contributed by atoms with Crippen LogP contribution in [0.2, 0.25) is 0 Å². The topological polar surface area (TPSA) is 107 Å². The number of aromatic nitrogens is 2. The molecule has 1 N–H and O–H groups in total. The van der Waals surface area contributed by atoms with Crippen LogP contribution in [-0.2, 0) is 11.3 Å². The van der Waals surface area contributed by atoms with Crippen LogP contribution in [0.5, 0.6) is 0 Å². The molecule has 0 saturated heterocycles. The predicted octanol–water partition coefficient (Wildman–Crippen LogP) is 2.33. The molecule has 0 aliphatic heterocycles. The van der Waals surface area contributed by atoms with Crippen LogP contribution in [-0.4, -0.2) is 20.6 Å². The van der Waals surface area contributed by atoms with E-state index in [1.807, 2.05) is 0 Å². The van der Waals surface area contributed by atoms with Crippen molar-refractivity contribution < 1.29 is 9.72 Å². The lowest BCUT2D eigenvalue weighted by molar-refractivity contribution is -0.384. The van der Waals surface area contributed by atoms with Gasteiger partial charge < -0.3 is 5.32 Å². The van der Waals surface area contributed by atoms with Crippen LogP contribution in [0.3, 0.4) is 0 Å². The van der Waals surface area contributed by atoms with Gasteiger partial charge in [-0.25, -0.2) is 0 Å². The summed E-state index contributed by atoms with van der Waals surface area (Å²) in [5.74, 6) is -0.301. The number of benzene rings is 2. The lowest BCUT2D eigenvalue weighted by atomic mass is 10.2. The average molecular weight is 338 g/mol. The third-order valence-corrected chi connectivity index (χ3v) is 3.65. The number of hydrogen-bond acceptors (Lipinski definition) is 5. The summed E-state index contributed by atoms with van der Waals surface area (Å²) >= 11 is 0. The highest BCUT2D eigenvalue weighted by Gasteiger charge is 2.09. The molecule has 25 heavy (non-hydrogen) atoms. The number of nitrogens with one attached hydrogen (secondary N) is 1. The first-order chi connectivity index (χ1) is 12.0. The Bertz CT molecular complexity index is 1010. The fourth-order valence-electron chi connectivity index (χ4n) is 2.47. The van der Waals surface area contributed by atoms with E-state index in [1.54, 1.807) is 35.0 Å². The molecule has 126 valence electrons.